The van der Waals surface area contributed by atoms with Crippen molar-refractivity contribution in [2.75, 3.05) is 7.05 Å². The van der Waals surface area contributed by atoms with E-state index in [4.69, 9.17) is 11.6 Å². The maximum atomic E-state index is 12.0. The Bertz CT molecular complexity index is 867. The highest BCUT2D eigenvalue weighted by molar-refractivity contribution is 7.89. The van der Waals surface area contributed by atoms with Crippen molar-refractivity contribution in [2.24, 2.45) is 0 Å². The van der Waals surface area contributed by atoms with E-state index in [9.17, 15) is 18.0 Å². The summed E-state index contributed by atoms with van der Waals surface area (Å²) in [5.41, 5.74) is 4.86. The van der Waals surface area contributed by atoms with Gasteiger partial charge in [-0.05, 0) is 49.5 Å². The van der Waals surface area contributed by atoms with Crippen LogP contribution in [0.3, 0.4) is 0 Å². The molecular weight excluding hydrogens is 354 g/mol. The van der Waals surface area contributed by atoms with Gasteiger partial charge >= 0.3 is 0 Å². The summed E-state index contributed by atoms with van der Waals surface area (Å²) in [5.74, 6) is -1.18. The van der Waals surface area contributed by atoms with E-state index in [1.54, 1.807) is 12.1 Å². The highest BCUT2D eigenvalue weighted by atomic mass is 35.5. The maximum absolute atomic E-state index is 12.0. The van der Waals surface area contributed by atoms with E-state index in [2.05, 4.69) is 15.6 Å². The van der Waals surface area contributed by atoms with Gasteiger partial charge in [-0.15, -0.1) is 0 Å². The number of sulfonamides is 1. The van der Waals surface area contributed by atoms with Gasteiger partial charge in [0.2, 0.25) is 10.0 Å². The molecule has 0 bridgehead atoms. The van der Waals surface area contributed by atoms with Crippen LogP contribution < -0.4 is 15.6 Å². The van der Waals surface area contributed by atoms with Crippen molar-refractivity contribution in [3.05, 3.63) is 64.7 Å². The lowest BCUT2D eigenvalue weighted by Crippen LogP contribution is -2.41. The third-order valence-corrected chi connectivity index (χ3v) is 4.74. The van der Waals surface area contributed by atoms with Gasteiger partial charge in [-0.2, -0.15) is 0 Å². The van der Waals surface area contributed by atoms with Crippen molar-refractivity contribution in [3.8, 4) is 0 Å². The molecule has 0 saturated heterocycles. The molecule has 0 atom stereocenters. The van der Waals surface area contributed by atoms with Crippen LogP contribution in [0.1, 0.15) is 20.7 Å². The molecule has 0 aromatic heterocycles. The molecule has 2 aromatic rings. The molecule has 0 heterocycles. The zero-order valence-corrected chi connectivity index (χ0v) is 14.1. The highest BCUT2D eigenvalue weighted by Crippen LogP contribution is 2.11. The molecule has 0 unspecified atom stereocenters. The van der Waals surface area contributed by atoms with E-state index >= 15 is 0 Å². The fraction of sp³-hybridized carbons (Fsp3) is 0.0667. The summed E-state index contributed by atoms with van der Waals surface area (Å²) in [6.07, 6.45) is 0. The van der Waals surface area contributed by atoms with Crippen LogP contribution in [0.2, 0.25) is 5.02 Å². The lowest BCUT2D eigenvalue weighted by Gasteiger charge is -2.09. The largest absolute Gasteiger partial charge is 0.269 e. The first-order chi connectivity index (χ1) is 11.3. The molecule has 0 fully saturated rings. The number of rotatable bonds is 4. The third kappa shape index (κ3) is 4.31. The minimum Gasteiger partial charge on any atom is -0.267 e. The van der Waals surface area contributed by atoms with E-state index in [0.29, 0.717) is 10.6 Å². The predicted molar refractivity (Wildman–Crippen MR) is 89.1 cm³/mol. The topological polar surface area (TPSA) is 104 Å². The Balaban J connectivity index is 2.06. The normalized spacial score (nSPS) is 10.9. The van der Waals surface area contributed by atoms with Gasteiger partial charge in [-0.25, -0.2) is 13.1 Å². The average Bonchev–Trinajstić information content (AvgIpc) is 2.60. The van der Waals surface area contributed by atoms with Crippen molar-refractivity contribution < 1.29 is 18.0 Å². The van der Waals surface area contributed by atoms with Gasteiger partial charge in [0.15, 0.2) is 0 Å². The quantitative estimate of drug-likeness (QED) is 0.709. The van der Waals surface area contributed by atoms with Gasteiger partial charge in [0.05, 0.1) is 4.90 Å². The number of carbonyl (C=O) groups is 2. The van der Waals surface area contributed by atoms with Gasteiger partial charge in [0.1, 0.15) is 0 Å². The second kappa shape index (κ2) is 7.43. The summed E-state index contributed by atoms with van der Waals surface area (Å²) in [6, 6.07) is 11.5. The monoisotopic (exact) mass is 367 g/mol. The summed E-state index contributed by atoms with van der Waals surface area (Å²) in [7, 11) is -2.39. The van der Waals surface area contributed by atoms with Gasteiger partial charge < -0.3 is 0 Å². The van der Waals surface area contributed by atoms with Crippen LogP contribution in [0.5, 0.6) is 0 Å². The number of halogens is 1. The highest BCUT2D eigenvalue weighted by Gasteiger charge is 2.15. The summed E-state index contributed by atoms with van der Waals surface area (Å²) < 4.78 is 25.6. The zero-order valence-electron chi connectivity index (χ0n) is 12.5. The Morgan fingerprint density at radius 3 is 2.08 bits per heavy atom. The number of hydrogen-bond donors (Lipinski definition) is 3. The van der Waals surface area contributed by atoms with Crippen LogP contribution in [0.25, 0.3) is 0 Å². The Labute approximate surface area is 144 Å². The Morgan fingerprint density at radius 2 is 1.50 bits per heavy atom. The number of amides is 2. The van der Waals surface area contributed by atoms with E-state index in [1.807, 2.05) is 0 Å². The summed E-state index contributed by atoms with van der Waals surface area (Å²) in [5, 5.41) is 0.484. The molecule has 0 aliphatic heterocycles. The standard InChI is InChI=1S/C15H14ClN3O4S/c1-17-24(22,23)13-4-2-3-11(9-13)15(21)19-18-14(20)10-5-7-12(16)8-6-10/h2-9,17H,1H3,(H,18,20)(H,19,21). The first-order valence-corrected chi connectivity index (χ1v) is 8.59. The molecule has 2 aromatic carbocycles. The van der Waals surface area contributed by atoms with Crippen molar-refractivity contribution in [1.29, 1.82) is 0 Å². The zero-order chi connectivity index (χ0) is 17.7. The molecule has 9 heteroatoms. The first kappa shape index (κ1) is 17.9. The molecule has 7 nitrogen and oxygen atoms in total. The fourth-order valence-electron chi connectivity index (χ4n) is 1.78. The lowest BCUT2D eigenvalue weighted by atomic mass is 10.2. The summed E-state index contributed by atoms with van der Waals surface area (Å²) >= 11 is 5.73. The average molecular weight is 368 g/mol. The second-order valence-electron chi connectivity index (χ2n) is 4.65. The number of benzene rings is 2. The molecule has 2 amide bonds. The minimum absolute atomic E-state index is 0.0540. The van der Waals surface area contributed by atoms with Crippen LogP contribution in [-0.2, 0) is 10.0 Å². The Morgan fingerprint density at radius 1 is 0.917 bits per heavy atom. The minimum atomic E-state index is -3.66. The number of carbonyl (C=O) groups excluding carboxylic acids is 2. The molecule has 24 heavy (non-hydrogen) atoms. The molecule has 2 rings (SSSR count). The van der Waals surface area contributed by atoms with Crippen LogP contribution in [-0.4, -0.2) is 27.3 Å². The van der Waals surface area contributed by atoms with Gasteiger partial charge in [0.25, 0.3) is 11.8 Å². The number of hydrogen-bond acceptors (Lipinski definition) is 4. The van der Waals surface area contributed by atoms with Crippen molar-refractivity contribution in [2.45, 2.75) is 4.90 Å². The molecular formula is C15H14ClN3O4S. The van der Waals surface area contributed by atoms with E-state index in [-0.39, 0.29) is 10.5 Å². The molecule has 0 aliphatic rings. The number of hydrazine groups is 1. The predicted octanol–water partition coefficient (Wildman–Crippen LogP) is 1.32. The van der Waals surface area contributed by atoms with Crippen LogP contribution >= 0.6 is 11.6 Å². The van der Waals surface area contributed by atoms with Crippen molar-refractivity contribution in [1.82, 2.24) is 15.6 Å². The lowest BCUT2D eigenvalue weighted by molar-refractivity contribution is 0.0846. The SMILES string of the molecule is CNS(=O)(=O)c1cccc(C(=O)NNC(=O)c2ccc(Cl)cc2)c1. The van der Waals surface area contributed by atoms with E-state index in [0.717, 1.165) is 0 Å². The Kier molecular flexibility index (Phi) is 5.55. The Hall–Kier alpha value is -2.42. The number of nitrogens with one attached hydrogen (secondary N) is 3. The van der Waals surface area contributed by atoms with Gasteiger partial charge in [-0.1, -0.05) is 17.7 Å². The molecule has 0 spiro atoms. The van der Waals surface area contributed by atoms with Gasteiger partial charge in [-0.3, -0.25) is 20.4 Å². The van der Waals surface area contributed by atoms with E-state index in [1.165, 1.54) is 43.4 Å². The molecule has 0 radical (unpaired) electrons. The van der Waals surface area contributed by atoms with Gasteiger partial charge in [0, 0.05) is 16.1 Å². The summed E-state index contributed by atoms with van der Waals surface area (Å²) in [4.78, 5) is 23.9. The van der Waals surface area contributed by atoms with Crippen molar-refractivity contribution in [3.63, 3.8) is 0 Å². The fourth-order valence-corrected chi connectivity index (χ4v) is 2.68. The smallest absolute Gasteiger partial charge is 0.267 e. The van der Waals surface area contributed by atoms with Crippen LogP contribution in [0.4, 0.5) is 0 Å². The third-order valence-electron chi connectivity index (χ3n) is 3.07. The first-order valence-electron chi connectivity index (χ1n) is 6.73. The van der Waals surface area contributed by atoms with Crippen molar-refractivity contribution >= 4 is 33.4 Å². The molecule has 3 N–H and O–H groups in total. The maximum Gasteiger partial charge on any atom is 0.269 e. The molecule has 0 saturated carbocycles. The summed E-state index contributed by atoms with van der Waals surface area (Å²) in [6.45, 7) is 0. The van der Waals surface area contributed by atoms with Crippen LogP contribution in [0, 0.1) is 0 Å². The van der Waals surface area contributed by atoms with Crippen LogP contribution in [0.15, 0.2) is 53.4 Å². The molecule has 126 valence electrons. The second-order valence-corrected chi connectivity index (χ2v) is 6.97. The van der Waals surface area contributed by atoms with E-state index < -0.39 is 21.8 Å². The molecule has 0 aliphatic carbocycles.